The normalized spacial score (nSPS) is 11.5. The van der Waals surface area contributed by atoms with Crippen LogP contribution in [0.2, 0.25) is 0 Å². The van der Waals surface area contributed by atoms with E-state index in [9.17, 15) is 13.2 Å². The number of nitrogens with one attached hydrogen (secondary N) is 2. The minimum atomic E-state index is -3.80. The Morgan fingerprint density at radius 3 is 2.03 bits per heavy atom. The predicted octanol–water partition coefficient (Wildman–Crippen LogP) is 5.86. The molecule has 0 unspecified atom stereocenters. The van der Waals surface area contributed by atoms with Gasteiger partial charge in [0.2, 0.25) is 5.91 Å². The van der Waals surface area contributed by atoms with Crippen molar-refractivity contribution in [3.63, 3.8) is 0 Å². The lowest BCUT2D eigenvalue weighted by molar-refractivity contribution is -0.120. The number of nitrogens with zero attached hydrogens (tertiary/aromatic N) is 1. The van der Waals surface area contributed by atoms with Gasteiger partial charge in [-0.05, 0) is 49.2 Å². The second kappa shape index (κ2) is 10.7. The molecule has 0 aliphatic heterocycles. The van der Waals surface area contributed by atoms with Crippen LogP contribution in [0.15, 0.2) is 65.6 Å². The summed E-state index contributed by atoms with van der Waals surface area (Å²) in [5, 5.41) is 4.49. The van der Waals surface area contributed by atoms with Gasteiger partial charge in [-0.25, -0.2) is 8.42 Å². The molecule has 176 valence electrons. The maximum Gasteiger partial charge on any atom is 0.262 e. The average molecular weight is 468 g/mol. The molecule has 0 heterocycles. The monoisotopic (exact) mass is 467 g/mol. The number of hydrogen-bond donors (Lipinski definition) is 2. The molecule has 3 rings (SSSR count). The lowest BCUT2D eigenvalue weighted by atomic mass is 9.97. The predicted molar refractivity (Wildman–Crippen MR) is 137 cm³/mol. The number of amides is 1. The van der Waals surface area contributed by atoms with Crippen LogP contribution in [0.3, 0.4) is 0 Å². The van der Waals surface area contributed by atoms with Crippen molar-refractivity contribution >= 4 is 43.8 Å². The Hall–Kier alpha value is -3.06. The first-order valence-corrected chi connectivity index (χ1v) is 12.9. The topological polar surface area (TPSA) is 78.5 Å². The fourth-order valence-electron chi connectivity index (χ4n) is 4.07. The highest BCUT2D eigenvalue weighted by Gasteiger charge is 2.19. The molecule has 3 aromatic carbocycles. The van der Waals surface area contributed by atoms with E-state index in [1.54, 1.807) is 36.4 Å². The van der Waals surface area contributed by atoms with Gasteiger partial charge in [0, 0.05) is 47.8 Å². The van der Waals surface area contributed by atoms with Gasteiger partial charge in [0.15, 0.2) is 0 Å². The Labute approximate surface area is 197 Å². The van der Waals surface area contributed by atoms with E-state index in [-0.39, 0.29) is 16.7 Å². The quantitative estimate of drug-likeness (QED) is 0.391. The Morgan fingerprint density at radius 2 is 1.42 bits per heavy atom. The molecule has 6 nitrogen and oxygen atoms in total. The number of anilines is 3. The van der Waals surface area contributed by atoms with Gasteiger partial charge < -0.3 is 10.2 Å². The van der Waals surface area contributed by atoms with Crippen molar-refractivity contribution in [3.05, 3.63) is 60.7 Å². The summed E-state index contributed by atoms with van der Waals surface area (Å²) in [5.74, 6) is 0.0103. The minimum absolute atomic E-state index is 0.00315. The number of fused-ring (bicyclic) bond motifs is 1. The standard InChI is InChI=1S/C26H33N3O3S/c1-5-9-19(10-6-2)26(30)27-20-15-17-21(18-16-20)28-33(31,32)25-14-8-11-22-23(25)12-7-13-24(22)29(3)4/h7-8,11-19,28H,5-6,9-10H2,1-4H3,(H,27,30). The molecule has 3 aromatic rings. The molecule has 0 aromatic heterocycles. The molecule has 0 bridgehead atoms. The minimum Gasteiger partial charge on any atom is -0.377 e. The van der Waals surface area contributed by atoms with E-state index in [4.69, 9.17) is 0 Å². The average Bonchev–Trinajstić information content (AvgIpc) is 2.79. The maximum absolute atomic E-state index is 13.2. The number of carbonyl (C=O) groups is 1. The third kappa shape index (κ3) is 5.85. The van der Waals surface area contributed by atoms with Gasteiger partial charge in [0.05, 0.1) is 4.90 Å². The zero-order chi connectivity index (χ0) is 24.0. The molecule has 2 N–H and O–H groups in total. The van der Waals surface area contributed by atoms with Crippen LogP contribution in [0.1, 0.15) is 39.5 Å². The van der Waals surface area contributed by atoms with Crippen LogP contribution in [0, 0.1) is 5.92 Å². The zero-order valence-corrected chi connectivity index (χ0v) is 20.6. The van der Waals surface area contributed by atoms with Crippen LogP contribution in [-0.2, 0) is 14.8 Å². The summed E-state index contributed by atoms with van der Waals surface area (Å²) in [4.78, 5) is 14.8. The molecule has 33 heavy (non-hydrogen) atoms. The third-order valence-corrected chi connectivity index (χ3v) is 7.12. The summed E-state index contributed by atoms with van der Waals surface area (Å²) >= 11 is 0. The number of rotatable bonds is 10. The second-order valence-electron chi connectivity index (χ2n) is 8.47. The first-order chi connectivity index (χ1) is 15.8. The van der Waals surface area contributed by atoms with Crippen molar-refractivity contribution in [1.29, 1.82) is 0 Å². The van der Waals surface area contributed by atoms with Crippen molar-refractivity contribution in [2.24, 2.45) is 5.92 Å². The van der Waals surface area contributed by atoms with Crippen molar-refractivity contribution in [2.75, 3.05) is 29.0 Å². The molecule has 0 saturated heterocycles. The van der Waals surface area contributed by atoms with Crippen LogP contribution < -0.4 is 14.9 Å². The highest BCUT2D eigenvalue weighted by atomic mass is 32.2. The smallest absolute Gasteiger partial charge is 0.262 e. The summed E-state index contributed by atoms with van der Waals surface area (Å²) in [6, 6.07) is 17.7. The lowest BCUT2D eigenvalue weighted by Gasteiger charge is -2.17. The number of carbonyl (C=O) groups excluding carboxylic acids is 1. The Balaban J connectivity index is 1.80. The van der Waals surface area contributed by atoms with Gasteiger partial charge in [-0.15, -0.1) is 0 Å². The summed E-state index contributed by atoms with van der Waals surface area (Å²) in [6.45, 7) is 4.15. The first kappa shape index (κ1) is 24.6. The van der Waals surface area contributed by atoms with Gasteiger partial charge in [-0.2, -0.15) is 0 Å². The molecule has 0 radical (unpaired) electrons. The Morgan fingerprint density at radius 1 is 0.848 bits per heavy atom. The summed E-state index contributed by atoms with van der Waals surface area (Å²) in [5.41, 5.74) is 2.04. The van der Waals surface area contributed by atoms with Gasteiger partial charge in [-0.1, -0.05) is 51.0 Å². The first-order valence-electron chi connectivity index (χ1n) is 11.4. The Bertz CT molecular complexity index is 1200. The lowest BCUT2D eigenvalue weighted by Crippen LogP contribution is -2.22. The Kier molecular flexibility index (Phi) is 7.97. The molecule has 0 fully saturated rings. The summed E-state index contributed by atoms with van der Waals surface area (Å²) in [6.07, 6.45) is 3.64. The van der Waals surface area contributed by atoms with Gasteiger partial charge in [0.1, 0.15) is 0 Å². The maximum atomic E-state index is 13.2. The van der Waals surface area contributed by atoms with Gasteiger partial charge >= 0.3 is 0 Å². The summed E-state index contributed by atoms with van der Waals surface area (Å²) < 4.78 is 29.1. The van der Waals surface area contributed by atoms with Gasteiger partial charge in [-0.3, -0.25) is 9.52 Å². The van der Waals surface area contributed by atoms with Crippen molar-refractivity contribution in [1.82, 2.24) is 0 Å². The van der Waals surface area contributed by atoms with E-state index in [2.05, 4.69) is 23.9 Å². The van der Waals surface area contributed by atoms with E-state index in [1.165, 1.54) is 0 Å². The third-order valence-electron chi connectivity index (χ3n) is 5.68. The molecular formula is C26H33N3O3S. The number of hydrogen-bond acceptors (Lipinski definition) is 4. The highest BCUT2D eigenvalue weighted by molar-refractivity contribution is 7.93. The van der Waals surface area contributed by atoms with Crippen LogP contribution >= 0.6 is 0 Å². The number of benzene rings is 3. The summed E-state index contributed by atoms with van der Waals surface area (Å²) in [7, 11) is 0.0613. The molecule has 0 atom stereocenters. The fourth-order valence-corrected chi connectivity index (χ4v) is 5.35. The van der Waals surface area contributed by atoms with Crippen LogP contribution in [-0.4, -0.2) is 28.4 Å². The largest absolute Gasteiger partial charge is 0.377 e. The van der Waals surface area contributed by atoms with E-state index in [0.29, 0.717) is 16.8 Å². The van der Waals surface area contributed by atoms with Crippen LogP contribution in [0.5, 0.6) is 0 Å². The molecule has 0 aliphatic rings. The van der Waals surface area contributed by atoms with E-state index >= 15 is 0 Å². The van der Waals surface area contributed by atoms with Crippen molar-refractivity contribution in [3.8, 4) is 0 Å². The second-order valence-corrected chi connectivity index (χ2v) is 10.1. The molecular weight excluding hydrogens is 434 g/mol. The molecule has 0 saturated carbocycles. The highest BCUT2D eigenvalue weighted by Crippen LogP contribution is 2.31. The van der Waals surface area contributed by atoms with E-state index in [0.717, 1.165) is 36.8 Å². The van der Waals surface area contributed by atoms with Crippen molar-refractivity contribution in [2.45, 2.75) is 44.4 Å². The van der Waals surface area contributed by atoms with E-state index < -0.39 is 10.0 Å². The molecule has 1 amide bonds. The van der Waals surface area contributed by atoms with E-state index in [1.807, 2.05) is 43.3 Å². The fraction of sp³-hybridized carbons (Fsp3) is 0.346. The molecule has 7 heteroatoms. The molecule has 0 spiro atoms. The zero-order valence-electron chi connectivity index (χ0n) is 19.8. The molecule has 0 aliphatic carbocycles. The van der Waals surface area contributed by atoms with Gasteiger partial charge in [0.25, 0.3) is 10.0 Å². The number of sulfonamides is 1. The van der Waals surface area contributed by atoms with Crippen LogP contribution in [0.25, 0.3) is 10.8 Å². The SMILES string of the molecule is CCCC(CCC)C(=O)Nc1ccc(NS(=O)(=O)c2cccc3c(N(C)C)cccc23)cc1. The van der Waals surface area contributed by atoms with Crippen molar-refractivity contribution < 1.29 is 13.2 Å². The van der Waals surface area contributed by atoms with Crippen LogP contribution in [0.4, 0.5) is 17.1 Å².